The van der Waals surface area contributed by atoms with E-state index in [0.717, 1.165) is 30.6 Å². The number of nitrogens with zero attached hydrogens (tertiary/aromatic N) is 1. The Labute approximate surface area is 143 Å². The number of hydrogen-bond donors (Lipinski definition) is 0. The second-order valence-corrected chi connectivity index (χ2v) is 7.40. The van der Waals surface area contributed by atoms with Crippen LogP contribution < -0.4 is 5.63 Å². The van der Waals surface area contributed by atoms with E-state index >= 15 is 0 Å². The molecule has 4 nitrogen and oxygen atoms in total. The standard InChI is InChI=1S/C20H27NO3/c1-12(2)17-8-18-16(7-20(22)24-19(18)6-13(17)3)11-21-9-14(4)23-15(5)10-21/h6-8,12,14-15H,9-11H2,1-5H3/t14-,15-/m0/s1. The highest BCUT2D eigenvalue weighted by molar-refractivity contribution is 5.82. The lowest BCUT2D eigenvalue weighted by Crippen LogP contribution is -2.44. The number of rotatable bonds is 3. The van der Waals surface area contributed by atoms with Gasteiger partial charge in [0.1, 0.15) is 5.58 Å². The van der Waals surface area contributed by atoms with Crippen LogP contribution in [0.1, 0.15) is 50.3 Å². The Bertz CT molecular complexity index is 783. The van der Waals surface area contributed by atoms with Gasteiger partial charge in [0.2, 0.25) is 0 Å². The highest BCUT2D eigenvalue weighted by Gasteiger charge is 2.23. The largest absolute Gasteiger partial charge is 0.423 e. The molecule has 0 bridgehead atoms. The summed E-state index contributed by atoms with van der Waals surface area (Å²) in [5, 5.41) is 1.05. The van der Waals surface area contributed by atoms with Crippen molar-refractivity contribution in [1.29, 1.82) is 0 Å². The molecule has 1 aromatic heterocycles. The monoisotopic (exact) mass is 329 g/mol. The van der Waals surface area contributed by atoms with Crippen molar-refractivity contribution in [3.05, 3.63) is 45.3 Å². The molecule has 24 heavy (non-hydrogen) atoms. The number of hydrogen-bond acceptors (Lipinski definition) is 4. The lowest BCUT2D eigenvalue weighted by molar-refractivity contribution is -0.0704. The average Bonchev–Trinajstić information content (AvgIpc) is 2.44. The summed E-state index contributed by atoms with van der Waals surface area (Å²) >= 11 is 0. The molecule has 0 unspecified atom stereocenters. The molecule has 2 atom stereocenters. The molecular weight excluding hydrogens is 302 g/mol. The van der Waals surface area contributed by atoms with Gasteiger partial charge in [0.05, 0.1) is 12.2 Å². The zero-order chi connectivity index (χ0) is 17.4. The smallest absolute Gasteiger partial charge is 0.336 e. The number of benzene rings is 1. The zero-order valence-electron chi connectivity index (χ0n) is 15.3. The normalized spacial score (nSPS) is 22.4. The molecule has 2 heterocycles. The molecule has 1 saturated heterocycles. The Morgan fingerprint density at radius 1 is 1.17 bits per heavy atom. The van der Waals surface area contributed by atoms with Crippen LogP contribution in [0.15, 0.2) is 27.4 Å². The Kier molecular flexibility index (Phi) is 4.79. The van der Waals surface area contributed by atoms with E-state index in [1.807, 2.05) is 6.07 Å². The van der Waals surface area contributed by atoms with Crippen molar-refractivity contribution in [2.75, 3.05) is 13.1 Å². The quantitative estimate of drug-likeness (QED) is 0.803. The van der Waals surface area contributed by atoms with Gasteiger partial charge in [-0.1, -0.05) is 13.8 Å². The molecule has 3 rings (SSSR count). The summed E-state index contributed by atoms with van der Waals surface area (Å²) < 4.78 is 11.3. The van der Waals surface area contributed by atoms with Crippen LogP contribution in [0.4, 0.5) is 0 Å². The van der Waals surface area contributed by atoms with Crippen LogP contribution in [0.2, 0.25) is 0 Å². The maximum atomic E-state index is 12.0. The molecule has 0 radical (unpaired) electrons. The molecule has 0 aliphatic carbocycles. The lowest BCUT2D eigenvalue weighted by Gasteiger charge is -2.35. The van der Waals surface area contributed by atoms with Crippen molar-refractivity contribution in [3.8, 4) is 0 Å². The summed E-state index contributed by atoms with van der Waals surface area (Å²) in [7, 11) is 0. The van der Waals surface area contributed by atoms with Gasteiger partial charge in [0.25, 0.3) is 0 Å². The third-order valence-corrected chi connectivity index (χ3v) is 4.73. The summed E-state index contributed by atoms with van der Waals surface area (Å²) in [6.07, 6.45) is 0.433. The molecule has 1 aromatic carbocycles. The van der Waals surface area contributed by atoms with Crippen LogP contribution in [0, 0.1) is 6.92 Å². The fourth-order valence-electron chi connectivity index (χ4n) is 3.80. The van der Waals surface area contributed by atoms with Gasteiger partial charge in [-0.3, -0.25) is 4.90 Å². The van der Waals surface area contributed by atoms with E-state index in [2.05, 4.69) is 45.6 Å². The number of morpholine rings is 1. The van der Waals surface area contributed by atoms with Gasteiger partial charge in [0, 0.05) is 31.1 Å². The Balaban J connectivity index is 2.03. The molecule has 0 saturated carbocycles. The van der Waals surface area contributed by atoms with E-state index in [0.29, 0.717) is 11.5 Å². The number of fused-ring (bicyclic) bond motifs is 1. The third kappa shape index (κ3) is 3.55. The van der Waals surface area contributed by atoms with Gasteiger partial charge in [-0.2, -0.15) is 0 Å². The van der Waals surface area contributed by atoms with Crippen molar-refractivity contribution in [1.82, 2.24) is 4.90 Å². The van der Waals surface area contributed by atoms with Crippen LogP contribution in [0.5, 0.6) is 0 Å². The van der Waals surface area contributed by atoms with Gasteiger partial charge in [-0.25, -0.2) is 4.79 Å². The summed E-state index contributed by atoms with van der Waals surface area (Å²) in [6.45, 7) is 13.2. The third-order valence-electron chi connectivity index (χ3n) is 4.73. The molecule has 0 amide bonds. The molecule has 130 valence electrons. The fraction of sp³-hybridized carbons (Fsp3) is 0.550. The molecule has 1 fully saturated rings. The number of aryl methyl sites for hydroxylation is 1. The van der Waals surface area contributed by atoms with Gasteiger partial charge in [0.15, 0.2) is 0 Å². The molecule has 0 N–H and O–H groups in total. The first-order valence-electron chi connectivity index (χ1n) is 8.78. The topological polar surface area (TPSA) is 42.7 Å². The predicted octanol–water partition coefficient (Wildman–Crippen LogP) is 3.83. The van der Waals surface area contributed by atoms with E-state index in [4.69, 9.17) is 9.15 Å². The molecule has 4 heteroatoms. The first kappa shape index (κ1) is 17.2. The van der Waals surface area contributed by atoms with Crippen LogP contribution in [-0.2, 0) is 11.3 Å². The van der Waals surface area contributed by atoms with E-state index in [-0.39, 0.29) is 17.8 Å². The number of ether oxygens (including phenoxy) is 1. The molecule has 1 aliphatic heterocycles. The Morgan fingerprint density at radius 2 is 1.83 bits per heavy atom. The van der Waals surface area contributed by atoms with Gasteiger partial charge in [-0.05, 0) is 55.5 Å². The Morgan fingerprint density at radius 3 is 2.46 bits per heavy atom. The van der Waals surface area contributed by atoms with Crippen LogP contribution in [-0.4, -0.2) is 30.2 Å². The second-order valence-electron chi connectivity index (χ2n) is 7.40. The minimum Gasteiger partial charge on any atom is -0.423 e. The van der Waals surface area contributed by atoms with Crippen molar-refractivity contribution >= 4 is 11.0 Å². The van der Waals surface area contributed by atoms with Gasteiger partial charge >= 0.3 is 5.63 Å². The van der Waals surface area contributed by atoms with Crippen molar-refractivity contribution in [2.45, 2.75) is 59.3 Å². The van der Waals surface area contributed by atoms with Crippen LogP contribution in [0.3, 0.4) is 0 Å². The van der Waals surface area contributed by atoms with Crippen LogP contribution in [0.25, 0.3) is 11.0 Å². The van der Waals surface area contributed by atoms with Gasteiger partial charge in [-0.15, -0.1) is 0 Å². The van der Waals surface area contributed by atoms with E-state index in [1.54, 1.807) is 6.07 Å². The lowest BCUT2D eigenvalue weighted by atomic mass is 9.94. The van der Waals surface area contributed by atoms with Crippen LogP contribution >= 0.6 is 0 Å². The highest BCUT2D eigenvalue weighted by atomic mass is 16.5. The first-order valence-corrected chi connectivity index (χ1v) is 8.78. The fourth-order valence-corrected chi connectivity index (χ4v) is 3.80. The van der Waals surface area contributed by atoms with Gasteiger partial charge < -0.3 is 9.15 Å². The molecule has 2 aromatic rings. The highest BCUT2D eigenvalue weighted by Crippen LogP contribution is 2.28. The average molecular weight is 329 g/mol. The van der Waals surface area contributed by atoms with E-state index < -0.39 is 0 Å². The summed E-state index contributed by atoms with van der Waals surface area (Å²) in [4.78, 5) is 14.4. The van der Waals surface area contributed by atoms with Crippen molar-refractivity contribution < 1.29 is 9.15 Å². The zero-order valence-corrected chi connectivity index (χ0v) is 15.3. The maximum Gasteiger partial charge on any atom is 0.336 e. The predicted molar refractivity (Wildman–Crippen MR) is 96.6 cm³/mol. The second kappa shape index (κ2) is 6.69. The Hall–Kier alpha value is -1.65. The first-order chi connectivity index (χ1) is 11.3. The van der Waals surface area contributed by atoms with E-state index in [1.165, 1.54) is 11.1 Å². The summed E-state index contributed by atoms with van der Waals surface area (Å²) in [5.74, 6) is 0.442. The van der Waals surface area contributed by atoms with Crippen molar-refractivity contribution in [2.24, 2.45) is 0 Å². The van der Waals surface area contributed by atoms with Crippen molar-refractivity contribution in [3.63, 3.8) is 0 Å². The maximum absolute atomic E-state index is 12.0. The minimum absolute atomic E-state index is 0.216. The molecular formula is C20H27NO3. The molecule has 0 spiro atoms. The molecule has 1 aliphatic rings. The SMILES string of the molecule is Cc1cc2oc(=O)cc(CN3C[C@H](C)O[C@@H](C)C3)c2cc1C(C)C. The van der Waals surface area contributed by atoms with E-state index in [9.17, 15) is 4.79 Å². The summed E-state index contributed by atoms with van der Waals surface area (Å²) in [5.41, 5.74) is 3.94. The summed E-state index contributed by atoms with van der Waals surface area (Å²) in [6, 6.07) is 5.84. The minimum atomic E-state index is -0.274.